The van der Waals surface area contributed by atoms with Gasteiger partial charge < -0.3 is 15.4 Å². The number of halogens is 1. The topological polar surface area (TPSA) is 79.8 Å². The third kappa shape index (κ3) is 5.37. The Kier molecular flexibility index (Phi) is 7.13. The maximum atomic E-state index is 12.3. The van der Waals surface area contributed by atoms with Crippen molar-refractivity contribution in [2.45, 2.75) is 38.4 Å². The van der Waals surface area contributed by atoms with Crippen molar-refractivity contribution in [3.8, 4) is 5.75 Å². The molecule has 0 bridgehead atoms. The standard InChI is InChI=1S/C17H22ClN3O3S/c1-4-5-6-19-17-21-16(23)14(25-17)9-15(22)20-12-7-10(2)11(18)8-13(12)24-3/h7-8,14H,4-6,9H2,1-3H3,(H,20,22)(H,19,21,23)/t14-/m0/s1. The van der Waals surface area contributed by atoms with Crippen LogP contribution in [0.3, 0.4) is 0 Å². The third-order valence-corrected chi connectivity index (χ3v) is 5.20. The summed E-state index contributed by atoms with van der Waals surface area (Å²) in [4.78, 5) is 28.6. The molecule has 8 heteroatoms. The second-order valence-electron chi connectivity index (χ2n) is 5.69. The highest BCUT2D eigenvalue weighted by Crippen LogP contribution is 2.31. The van der Waals surface area contributed by atoms with E-state index in [1.165, 1.54) is 18.9 Å². The van der Waals surface area contributed by atoms with Crippen molar-refractivity contribution in [1.82, 2.24) is 5.32 Å². The Hall–Kier alpha value is -1.73. The van der Waals surface area contributed by atoms with Crippen molar-refractivity contribution < 1.29 is 14.3 Å². The van der Waals surface area contributed by atoms with Gasteiger partial charge in [0.1, 0.15) is 11.0 Å². The van der Waals surface area contributed by atoms with E-state index in [0.717, 1.165) is 18.4 Å². The number of anilines is 1. The van der Waals surface area contributed by atoms with Gasteiger partial charge in [-0.05, 0) is 25.0 Å². The number of unbranched alkanes of at least 4 members (excludes halogenated alkanes) is 1. The van der Waals surface area contributed by atoms with Crippen LogP contribution in [-0.4, -0.2) is 35.9 Å². The quantitative estimate of drug-likeness (QED) is 0.707. The Morgan fingerprint density at radius 3 is 2.92 bits per heavy atom. The molecule has 136 valence electrons. The number of rotatable bonds is 7. The van der Waals surface area contributed by atoms with Crippen LogP contribution in [0, 0.1) is 6.92 Å². The number of methoxy groups -OCH3 is 1. The van der Waals surface area contributed by atoms with Crippen LogP contribution in [0.15, 0.2) is 17.1 Å². The fourth-order valence-electron chi connectivity index (χ4n) is 2.25. The molecule has 1 aromatic rings. The monoisotopic (exact) mass is 383 g/mol. The maximum absolute atomic E-state index is 12.3. The molecule has 6 nitrogen and oxygen atoms in total. The molecular formula is C17H22ClN3O3S. The van der Waals surface area contributed by atoms with Crippen LogP contribution in [0.1, 0.15) is 31.7 Å². The second-order valence-corrected chi connectivity index (χ2v) is 7.29. The van der Waals surface area contributed by atoms with E-state index in [0.29, 0.717) is 28.2 Å². The summed E-state index contributed by atoms with van der Waals surface area (Å²) in [5.74, 6) is 0.0337. The summed E-state index contributed by atoms with van der Waals surface area (Å²) in [5.41, 5.74) is 1.37. The first-order chi connectivity index (χ1) is 11.9. The Labute approximate surface area is 156 Å². The van der Waals surface area contributed by atoms with E-state index in [2.05, 4.69) is 22.5 Å². The molecule has 1 aliphatic heterocycles. The van der Waals surface area contributed by atoms with Gasteiger partial charge in [-0.15, -0.1) is 0 Å². The number of thioether (sulfide) groups is 1. The van der Waals surface area contributed by atoms with Gasteiger partial charge in [-0.3, -0.25) is 14.6 Å². The molecule has 1 fully saturated rings. The lowest BCUT2D eigenvalue weighted by Gasteiger charge is -2.13. The number of amidine groups is 1. The zero-order valence-electron chi connectivity index (χ0n) is 14.5. The highest BCUT2D eigenvalue weighted by Gasteiger charge is 2.32. The van der Waals surface area contributed by atoms with E-state index in [-0.39, 0.29) is 18.2 Å². The van der Waals surface area contributed by atoms with Gasteiger partial charge in [-0.1, -0.05) is 36.7 Å². The molecular weight excluding hydrogens is 362 g/mol. The molecule has 1 aliphatic rings. The van der Waals surface area contributed by atoms with Gasteiger partial charge in [0.25, 0.3) is 0 Å². The van der Waals surface area contributed by atoms with Gasteiger partial charge in [0.2, 0.25) is 11.8 Å². The highest BCUT2D eigenvalue weighted by molar-refractivity contribution is 8.15. The number of amides is 2. The van der Waals surface area contributed by atoms with Crippen molar-refractivity contribution in [2.24, 2.45) is 4.99 Å². The van der Waals surface area contributed by atoms with E-state index in [1.807, 2.05) is 6.92 Å². The molecule has 0 aromatic heterocycles. The molecule has 0 spiro atoms. The summed E-state index contributed by atoms with van der Waals surface area (Å²) < 4.78 is 5.24. The van der Waals surface area contributed by atoms with Crippen LogP contribution in [0.2, 0.25) is 5.02 Å². The molecule has 1 saturated heterocycles. The maximum Gasteiger partial charge on any atom is 0.240 e. The minimum atomic E-state index is -0.472. The minimum Gasteiger partial charge on any atom is -0.495 e. The molecule has 2 amide bonds. The van der Waals surface area contributed by atoms with Gasteiger partial charge in [-0.25, -0.2) is 0 Å². The van der Waals surface area contributed by atoms with Gasteiger partial charge in [0.05, 0.1) is 12.8 Å². The van der Waals surface area contributed by atoms with Gasteiger partial charge in [-0.2, -0.15) is 0 Å². The number of hydrogen-bond acceptors (Lipinski definition) is 5. The average Bonchev–Trinajstić information content (AvgIpc) is 2.90. The summed E-state index contributed by atoms with van der Waals surface area (Å²) in [6.45, 7) is 4.61. The van der Waals surface area contributed by atoms with E-state index in [9.17, 15) is 9.59 Å². The van der Waals surface area contributed by atoms with E-state index in [1.54, 1.807) is 12.1 Å². The van der Waals surface area contributed by atoms with Crippen LogP contribution >= 0.6 is 23.4 Å². The average molecular weight is 384 g/mol. The van der Waals surface area contributed by atoms with Crippen molar-refractivity contribution in [3.05, 3.63) is 22.7 Å². The normalized spacial score (nSPS) is 18.3. The Morgan fingerprint density at radius 1 is 1.48 bits per heavy atom. The second kappa shape index (κ2) is 9.10. The largest absolute Gasteiger partial charge is 0.495 e. The first-order valence-electron chi connectivity index (χ1n) is 8.10. The van der Waals surface area contributed by atoms with Gasteiger partial charge >= 0.3 is 0 Å². The lowest BCUT2D eigenvalue weighted by Crippen LogP contribution is -2.28. The number of carbonyl (C=O) groups is 2. The van der Waals surface area contributed by atoms with Gasteiger partial charge in [0.15, 0.2) is 5.17 Å². The number of ether oxygens (including phenoxy) is 1. The number of hydrogen-bond donors (Lipinski definition) is 2. The van der Waals surface area contributed by atoms with Crippen molar-refractivity contribution >= 4 is 46.0 Å². The molecule has 2 N–H and O–H groups in total. The smallest absolute Gasteiger partial charge is 0.240 e. The molecule has 0 aliphatic carbocycles. The summed E-state index contributed by atoms with van der Waals surface area (Å²) >= 11 is 7.36. The molecule has 1 aromatic carbocycles. The Morgan fingerprint density at radius 2 is 2.24 bits per heavy atom. The molecule has 0 unspecified atom stereocenters. The molecule has 0 saturated carbocycles. The van der Waals surface area contributed by atoms with Crippen LogP contribution in [0.5, 0.6) is 5.75 Å². The summed E-state index contributed by atoms with van der Waals surface area (Å²) in [7, 11) is 1.51. The first kappa shape index (κ1) is 19.6. The number of aryl methyl sites for hydroxylation is 1. The van der Waals surface area contributed by atoms with Crippen LogP contribution < -0.4 is 15.4 Å². The number of nitrogens with one attached hydrogen (secondary N) is 2. The number of carbonyl (C=O) groups excluding carboxylic acids is 2. The number of nitrogens with zero attached hydrogens (tertiary/aromatic N) is 1. The zero-order valence-corrected chi connectivity index (χ0v) is 16.1. The van der Waals surface area contributed by atoms with E-state index in [4.69, 9.17) is 16.3 Å². The minimum absolute atomic E-state index is 0.0636. The van der Waals surface area contributed by atoms with Crippen LogP contribution in [0.4, 0.5) is 5.69 Å². The lowest BCUT2D eigenvalue weighted by atomic mass is 10.2. The molecule has 1 atom stereocenters. The van der Waals surface area contributed by atoms with Crippen molar-refractivity contribution in [2.75, 3.05) is 19.0 Å². The lowest BCUT2D eigenvalue weighted by molar-refractivity contribution is -0.122. The fraction of sp³-hybridized carbons (Fsp3) is 0.471. The molecule has 1 heterocycles. The molecule has 0 radical (unpaired) electrons. The SMILES string of the molecule is CCCCN=C1NC(=O)[C@H](CC(=O)Nc2cc(C)c(Cl)cc2OC)S1. The van der Waals surface area contributed by atoms with Crippen LogP contribution in [-0.2, 0) is 9.59 Å². The van der Waals surface area contributed by atoms with Crippen molar-refractivity contribution in [3.63, 3.8) is 0 Å². The summed E-state index contributed by atoms with van der Waals surface area (Å²) in [6.07, 6.45) is 2.08. The predicted octanol–water partition coefficient (Wildman–Crippen LogP) is 3.37. The third-order valence-electron chi connectivity index (χ3n) is 3.67. The molecule has 25 heavy (non-hydrogen) atoms. The summed E-state index contributed by atoms with van der Waals surface area (Å²) in [5, 5.41) is 6.20. The van der Waals surface area contributed by atoms with Crippen molar-refractivity contribution in [1.29, 1.82) is 0 Å². The fourth-order valence-corrected chi connectivity index (χ4v) is 3.40. The van der Waals surface area contributed by atoms with Crippen LogP contribution in [0.25, 0.3) is 0 Å². The van der Waals surface area contributed by atoms with Gasteiger partial charge in [0, 0.05) is 24.1 Å². The first-order valence-corrected chi connectivity index (χ1v) is 9.36. The zero-order chi connectivity index (χ0) is 18.4. The highest BCUT2D eigenvalue weighted by atomic mass is 35.5. The Balaban J connectivity index is 1.98. The Bertz CT molecular complexity index is 694. The number of aliphatic imine (C=N–C) groups is 1. The van der Waals surface area contributed by atoms with E-state index < -0.39 is 5.25 Å². The van der Waals surface area contributed by atoms with E-state index >= 15 is 0 Å². The summed E-state index contributed by atoms with van der Waals surface area (Å²) in [6, 6.07) is 3.40. The predicted molar refractivity (Wildman–Crippen MR) is 103 cm³/mol. The molecule has 2 rings (SSSR count). The number of benzene rings is 1.